The molecular formula is C54H35N3S. The van der Waals surface area contributed by atoms with Gasteiger partial charge in [0.25, 0.3) is 0 Å². The van der Waals surface area contributed by atoms with Crippen molar-refractivity contribution >= 4 is 50.6 Å². The molecule has 4 heteroatoms. The second-order valence-corrected chi connectivity index (χ2v) is 16.2. The Balaban J connectivity index is 1.18. The number of hydrogen-bond acceptors (Lipinski definition) is 3. The standard InChI is InChI=1S/C54H35N3S/c1-4-18-36(19-5-1)38-32-46(37-20-6-2-7-21-37)55-53(33-38)57-47-28-14-10-24-40(47)41-34-45-52(35-50(41)57)58-51-31-17-13-27-44(51)54(45)42-25-11-15-29-48(42)56(39-22-8-3-9-23-39)49-30-16-12-26-43(49)54/h1-35H. The van der Waals surface area contributed by atoms with E-state index < -0.39 is 5.41 Å². The number of nitrogens with zero attached hydrogens (tertiary/aromatic N) is 3. The van der Waals surface area contributed by atoms with E-state index in [1.807, 2.05) is 11.8 Å². The van der Waals surface area contributed by atoms with Crippen LogP contribution in [0.5, 0.6) is 0 Å². The second kappa shape index (κ2) is 13.0. The highest BCUT2D eigenvalue weighted by molar-refractivity contribution is 7.99. The largest absolute Gasteiger partial charge is 0.310 e. The summed E-state index contributed by atoms with van der Waals surface area (Å²) in [6.07, 6.45) is 0. The molecular weight excluding hydrogens is 723 g/mol. The summed E-state index contributed by atoms with van der Waals surface area (Å²) < 4.78 is 2.39. The minimum atomic E-state index is -0.570. The maximum absolute atomic E-state index is 5.45. The zero-order chi connectivity index (χ0) is 38.2. The molecule has 4 heterocycles. The molecule has 0 saturated heterocycles. The average molecular weight is 758 g/mol. The van der Waals surface area contributed by atoms with Crippen LogP contribution in [0.25, 0.3) is 50.0 Å². The van der Waals surface area contributed by atoms with Gasteiger partial charge in [0.05, 0.1) is 33.5 Å². The van der Waals surface area contributed by atoms with Gasteiger partial charge in [0, 0.05) is 31.8 Å². The maximum atomic E-state index is 5.45. The van der Waals surface area contributed by atoms with Crippen LogP contribution in [0, 0.1) is 0 Å². The molecule has 58 heavy (non-hydrogen) atoms. The smallest absolute Gasteiger partial charge is 0.138 e. The van der Waals surface area contributed by atoms with E-state index in [0.717, 1.165) is 44.9 Å². The lowest BCUT2D eigenvalue weighted by Gasteiger charge is -2.49. The molecule has 0 N–H and O–H groups in total. The molecule has 10 aromatic rings. The van der Waals surface area contributed by atoms with Crippen molar-refractivity contribution in [2.24, 2.45) is 0 Å². The van der Waals surface area contributed by atoms with Gasteiger partial charge in [0.15, 0.2) is 0 Å². The summed E-state index contributed by atoms with van der Waals surface area (Å²) in [6, 6.07) is 77.4. The van der Waals surface area contributed by atoms with E-state index in [4.69, 9.17) is 4.98 Å². The summed E-state index contributed by atoms with van der Waals surface area (Å²) in [7, 11) is 0. The van der Waals surface area contributed by atoms with Gasteiger partial charge in [0.1, 0.15) is 5.82 Å². The summed E-state index contributed by atoms with van der Waals surface area (Å²) in [4.78, 5) is 10.4. The third-order valence-corrected chi connectivity index (χ3v) is 13.2. The van der Waals surface area contributed by atoms with Gasteiger partial charge in [-0.05, 0) is 94.0 Å². The van der Waals surface area contributed by atoms with E-state index in [1.165, 1.54) is 54.2 Å². The van der Waals surface area contributed by atoms with Crippen molar-refractivity contribution in [1.29, 1.82) is 0 Å². The Labute approximate surface area is 341 Å². The Morgan fingerprint density at radius 1 is 0.397 bits per heavy atom. The Morgan fingerprint density at radius 2 is 0.983 bits per heavy atom. The molecule has 0 aliphatic carbocycles. The Hall–Kier alpha value is -7.14. The number of hydrogen-bond donors (Lipinski definition) is 0. The van der Waals surface area contributed by atoms with Crippen LogP contribution in [0.15, 0.2) is 222 Å². The Bertz CT molecular complexity index is 3100. The van der Waals surface area contributed by atoms with Crippen molar-refractivity contribution in [2.45, 2.75) is 15.2 Å². The number of rotatable bonds is 4. The zero-order valence-corrected chi connectivity index (χ0v) is 32.3. The molecule has 1 spiro atoms. The third kappa shape index (κ3) is 4.79. The molecule has 2 aliphatic rings. The van der Waals surface area contributed by atoms with Crippen molar-refractivity contribution in [3.8, 4) is 28.2 Å². The molecule has 0 unspecified atom stereocenters. The van der Waals surface area contributed by atoms with Crippen LogP contribution in [0.3, 0.4) is 0 Å². The predicted molar refractivity (Wildman–Crippen MR) is 240 cm³/mol. The van der Waals surface area contributed by atoms with E-state index in [2.05, 4.69) is 222 Å². The van der Waals surface area contributed by atoms with Gasteiger partial charge in [0.2, 0.25) is 0 Å². The van der Waals surface area contributed by atoms with Crippen LogP contribution in [-0.4, -0.2) is 9.55 Å². The molecule has 272 valence electrons. The summed E-state index contributed by atoms with van der Waals surface area (Å²) in [5.74, 6) is 0.897. The third-order valence-electron chi connectivity index (χ3n) is 12.0. The zero-order valence-electron chi connectivity index (χ0n) is 31.5. The van der Waals surface area contributed by atoms with Gasteiger partial charge < -0.3 is 4.90 Å². The molecule has 8 aromatic carbocycles. The van der Waals surface area contributed by atoms with Crippen LogP contribution in [0.4, 0.5) is 17.1 Å². The number of aromatic nitrogens is 2. The fourth-order valence-electron chi connectivity index (χ4n) is 9.62. The average Bonchev–Trinajstić information content (AvgIpc) is 3.62. The van der Waals surface area contributed by atoms with Crippen LogP contribution in [-0.2, 0) is 5.41 Å². The number of fused-ring (bicyclic) bond motifs is 11. The van der Waals surface area contributed by atoms with E-state index in [1.54, 1.807) is 0 Å². The molecule has 0 radical (unpaired) electrons. The molecule has 0 atom stereocenters. The van der Waals surface area contributed by atoms with Gasteiger partial charge in [-0.3, -0.25) is 4.57 Å². The molecule has 0 bridgehead atoms. The van der Waals surface area contributed by atoms with Crippen molar-refractivity contribution in [2.75, 3.05) is 4.90 Å². The molecule has 2 aliphatic heterocycles. The highest BCUT2D eigenvalue weighted by Gasteiger charge is 2.50. The minimum Gasteiger partial charge on any atom is -0.310 e. The molecule has 12 rings (SSSR count). The topological polar surface area (TPSA) is 21.1 Å². The van der Waals surface area contributed by atoms with E-state index in [0.29, 0.717) is 0 Å². The Morgan fingerprint density at radius 3 is 1.71 bits per heavy atom. The van der Waals surface area contributed by atoms with Crippen molar-refractivity contribution in [3.05, 3.63) is 235 Å². The summed E-state index contributed by atoms with van der Waals surface area (Å²) in [5, 5.41) is 2.41. The summed E-state index contributed by atoms with van der Waals surface area (Å²) in [5.41, 5.74) is 14.7. The van der Waals surface area contributed by atoms with Gasteiger partial charge in [-0.15, -0.1) is 0 Å². The first-order valence-corrected chi connectivity index (χ1v) is 20.6. The van der Waals surface area contributed by atoms with Crippen LogP contribution < -0.4 is 4.90 Å². The number of benzene rings is 8. The number of anilines is 3. The fourth-order valence-corrected chi connectivity index (χ4v) is 10.8. The van der Waals surface area contributed by atoms with E-state index in [-0.39, 0.29) is 0 Å². The number of para-hydroxylation sites is 4. The van der Waals surface area contributed by atoms with Crippen molar-refractivity contribution in [1.82, 2.24) is 9.55 Å². The lowest BCUT2D eigenvalue weighted by atomic mass is 9.62. The van der Waals surface area contributed by atoms with Gasteiger partial charge in [-0.1, -0.05) is 163 Å². The van der Waals surface area contributed by atoms with Crippen molar-refractivity contribution in [3.63, 3.8) is 0 Å². The Kier molecular flexibility index (Phi) is 7.38. The fraction of sp³-hybridized carbons (Fsp3) is 0.0185. The van der Waals surface area contributed by atoms with E-state index >= 15 is 0 Å². The quantitative estimate of drug-likeness (QED) is 0.178. The molecule has 0 saturated carbocycles. The first kappa shape index (κ1) is 33.0. The lowest BCUT2D eigenvalue weighted by molar-refractivity contribution is 0.693. The molecule has 0 fully saturated rings. The monoisotopic (exact) mass is 757 g/mol. The van der Waals surface area contributed by atoms with Gasteiger partial charge in [-0.2, -0.15) is 0 Å². The van der Waals surface area contributed by atoms with Crippen LogP contribution in [0.2, 0.25) is 0 Å². The summed E-state index contributed by atoms with van der Waals surface area (Å²) >= 11 is 1.88. The molecule has 3 nitrogen and oxygen atoms in total. The van der Waals surface area contributed by atoms with Crippen LogP contribution in [0.1, 0.15) is 22.3 Å². The summed E-state index contributed by atoms with van der Waals surface area (Å²) in [6.45, 7) is 0. The van der Waals surface area contributed by atoms with Crippen molar-refractivity contribution < 1.29 is 0 Å². The molecule has 0 amide bonds. The normalized spacial score (nSPS) is 13.6. The van der Waals surface area contributed by atoms with Crippen LogP contribution >= 0.6 is 11.8 Å². The number of pyridine rings is 1. The minimum absolute atomic E-state index is 0.570. The predicted octanol–water partition coefficient (Wildman–Crippen LogP) is 14.1. The van der Waals surface area contributed by atoms with E-state index in [9.17, 15) is 0 Å². The highest BCUT2D eigenvalue weighted by atomic mass is 32.2. The van der Waals surface area contributed by atoms with Gasteiger partial charge >= 0.3 is 0 Å². The SMILES string of the molecule is c1ccc(-c2cc(-c3ccccc3)nc(-n3c4ccccc4c4cc5c(cc43)Sc3ccccc3C53c4ccccc4N(c4ccccc4)c4ccccc43)c2)cc1. The second-order valence-electron chi connectivity index (χ2n) is 15.1. The lowest BCUT2D eigenvalue weighted by Crippen LogP contribution is -2.39. The first-order chi connectivity index (χ1) is 28.8. The first-order valence-electron chi connectivity index (χ1n) is 19.8. The molecule has 2 aromatic heterocycles. The van der Waals surface area contributed by atoms with Gasteiger partial charge in [-0.25, -0.2) is 4.98 Å². The maximum Gasteiger partial charge on any atom is 0.138 e. The highest BCUT2D eigenvalue weighted by Crippen LogP contribution is 2.63.